The number of benzene rings is 1. The molecule has 1 saturated heterocycles. The molecule has 0 aromatic heterocycles. The summed E-state index contributed by atoms with van der Waals surface area (Å²) in [4.78, 5) is 2.46. The first kappa shape index (κ1) is 13.9. The molecule has 3 rings (SSSR count). The van der Waals surface area contributed by atoms with Crippen molar-refractivity contribution in [3.05, 3.63) is 29.8 Å². The normalized spacial score (nSPS) is 33.8. The summed E-state index contributed by atoms with van der Waals surface area (Å²) in [5, 5.41) is 3.75. The van der Waals surface area contributed by atoms with Crippen molar-refractivity contribution in [3.8, 4) is 5.75 Å². The molecule has 2 aliphatic heterocycles. The number of hydrogen-bond acceptors (Lipinski definition) is 3. The Morgan fingerprint density at radius 2 is 2.10 bits per heavy atom. The van der Waals surface area contributed by atoms with Crippen LogP contribution in [0, 0.1) is 5.92 Å². The topological polar surface area (TPSA) is 24.5 Å². The van der Waals surface area contributed by atoms with E-state index in [0.29, 0.717) is 24.1 Å². The Labute approximate surface area is 122 Å². The van der Waals surface area contributed by atoms with E-state index < -0.39 is 0 Å². The quantitative estimate of drug-likeness (QED) is 0.915. The summed E-state index contributed by atoms with van der Waals surface area (Å²) in [7, 11) is 2.23. The molecule has 20 heavy (non-hydrogen) atoms. The van der Waals surface area contributed by atoms with E-state index in [1.165, 1.54) is 18.5 Å². The SMILES string of the molecule is CC1CN(C)C(C)CC1NCC1Cc2ccccc2O1. The van der Waals surface area contributed by atoms with Gasteiger partial charge in [-0.25, -0.2) is 0 Å². The summed E-state index contributed by atoms with van der Waals surface area (Å²) in [5.74, 6) is 1.78. The molecule has 3 nitrogen and oxygen atoms in total. The Balaban J connectivity index is 1.51. The lowest BCUT2D eigenvalue weighted by Crippen LogP contribution is -2.52. The highest BCUT2D eigenvalue weighted by Gasteiger charge is 2.30. The third kappa shape index (κ3) is 2.84. The van der Waals surface area contributed by atoms with E-state index in [1.54, 1.807) is 0 Å². The fourth-order valence-electron chi connectivity index (χ4n) is 3.48. The predicted molar refractivity (Wildman–Crippen MR) is 82.2 cm³/mol. The van der Waals surface area contributed by atoms with Gasteiger partial charge in [0.2, 0.25) is 0 Å². The molecule has 1 aromatic carbocycles. The van der Waals surface area contributed by atoms with E-state index >= 15 is 0 Å². The number of nitrogens with zero attached hydrogens (tertiary/aromatic N) is 1. The van der Waals surface area contributed by atoms with E-state index in [-0.39, 0.29) is 0 Å². The number of piperidine rings is 1. The Kier molecular flexibility index (Phi) is 3.99. The van der Waals surface area contributed by atoms with Gasteiger partial charge in [-0.2, -0.15) is 0 Å². The molecule has 3 heteroatoms. The highest BCUT2D eigenvalue weighted by Crippen LogP contribution is 2.28. The second-order valence-corrected chi connectivity index (χ2v) is 6.57. The average Bonchev–Trinajstić information content (AvgIpc) is 2.84. The van der Waals surface area contributed by atoms with Crippen LogP contribution in [-0.2, 0) is 6.42 Å². The lowest BCUT2D eigenvalue weighted by atomic mass is 9.89. The summed E-state index contributed by atoms with van der Waals surface area (Å²) in [5.41, 5.74) is 1.35. The van der Waals surface area contributed by atoms with Crippen molar-refractivity contribution in [1.29, 1.82) is 0 Å². The van der Waals surface area contributed by atoms with Gasteiger partial charge in [0.05, 0.1) is 0 Å². The van der Waals surface area contributed by atoms with Crippen LogP contribution in [-0.4, -0.2) is 43.2 Å². The van der Waals surface area contributed by atoms with Gasteiger partial charge in [-0.15, -0.1) is 0 Å². The fraction of sp³-hybridized carbons (Fsp3) is 0.647. The maximum atomic E-state index is 6.01. The van der Waals surface area contributed by atoms with Crippen LogP contribution >= 0.6 is 0 Å². The molecule has 2 aliphatic rings. The molecule has 4 unspecified atom stereocenters. The van der Waals surface area contributed by atoms with Crippen LogP contribution in [0.25, 0.3) is 0 Å². The monoisotopic (exact) mass is 274 g/mol. The van der Waals surface area contributed by atoms with Crippen molar-refractivity contribution < 1.29 is 4.74 Å². The van der Waals surface area contributed by atoms with Crippen LogP contribution in [0.15, 0.2) is 24.3 Å². The first-order valence-corrected chi connectivity index (χ1v) is 7.81. The van der Waals surface area contributed by atoms with Crippen LogP contribution in [0.1, 0.15) is 25.8 Å². The first-order valence-electron chi connectivity index (χ1n) is 7.81. The van der Waals surface area contributed by atoms with Crippen LogP contribution < -0.4 is 10.1 Å². The molecular formula is C17H26N2O. The molecule has 0 aliphatic carbocycles. The molecule has 110 valence electrons. The Morgan fingerprint density at radius 3 is 2.90 bits per heavy atom. The Bertz CT molecular complexity index is 437. The van der Waals surface area contributed by atoms with Gasteiger partial charge in [0, 0.05) is 31.6 Å². The lowest BCUT2D eigenvalue weighted by molar-refractivity contribution is 0.113. The van der Waals surface area contributed by atoms with Crippen molar-refractivity contribution in [2.45, 2.75) is 44.9 Å². The van der Waals surface area contributed by atoms with E-state index in [4.69, 9.17) is 4.74 Å². The minimum atomic E-state index is 0.301. The van der Waals surface area contributed by atoms with E-state index in [0.717, 1.165) is 18.7 Å². The van der Waals surface area contributed by atoms with Gasteiger partial charge in [-0.1, -0.05) is 25.1 Å². The zero-order valence-corrected chi connectivity index (χ0v) is 12.8. The van der Waals surface area contributed by atoms with Gasteiger partial charge in [0.25, 0.3) is 0 Å². The minimum absolute atomic E-state index is 0.301. The van der Waals surface area contributed by atoms with Crippen LogP contribution in [0.3, 0.4) is 0 Å². The molecule has 1 aromatic rings. The van der Waals surface area contributed by atoms with Crippen molar-refractivity contribution in [1.82, 2.24) is 10.2 Å². The molecule has 0 amide bonds. The largest absolute Gasteiger partial charge is 0.488 e. The molecule has 0 radical (unpaired) electrons. The van der Waals surface area contributed by atoms with Crippen molar-refractivity contribution in [2.24, 2.45) is 5.92 Å². The second kappa shape index (κ2) is 5.74. The number of nitrogens with one attached hydrogen (secondary N) is 1. The van der Waals surface area contributed by atoms with Gasteiger partial charge < -0.3 is 15.0 Å². The first-order chi connectivity index (χ1) is 9.63. The van der Waals surface area contributed by atoms with Gasteiger partial charge in [0.15, 0.2) is 0 Å². The third-order valence-electron chi connectivity index (χ3n) is 4.93. The molecule has 0 saturated carbocycles. The lowest BCUT2D eigenvalue weighted by Gasteiger charge is -2.40. The zero-order valence-electron chi connectivity index (χ0n) is 12.8. The molecular weight excluding hydrogens is 248 g/mol. The number of fused-ring (bicyclic) bond motifs is 1. The molecule has 1 fully saturated rings. The average molecular weight is 274 g/mol. The number of likely N-dealkylation sites (tertiary alicyclic amines) is 1. The van der Waals surface area contributed by atoms with Gasteiger partial charge in [-0.3, -0.25) is 0 Å². The van der Waals surface area contributed by atoms with E-state index in [2.05, 4.69) is 55.4 Å². The van der Waals surface area contributed by atoms with E-state index in [9.17, 15) is 0 Å². The highest BCUT2D eigenvalue weighted by molar-refractivity contribution is 5.37. The van der Waals surface area contributed by atoms with Gasteiger partial charge in [-0.05, 0) is 37.9 Å². The summed E-state index contributed by atoms with van der Waals surface area (Å²) in [6.45, 7) is 6.82. The predicted octanol–water partition coefficient (Wildman–Crippen LogP) is 2.31. The number of ether oxygens (including phenoxy) is 1. The standard InChI is InChI=1S/C17H26N2O/c1-12-11-19(3)13(2)8-16(12)18-10-15-9-14-6-4-5-7-17(14)20-15/h4-7,12-13,15-16,18H,8-11H2,1-3H3. The van der Waals surface area contributed by atoms with E-state index in [1.807, 2.05) is 0 Å². The zero-order chi connectivity index (χ0) is 14.1. The number of rotatable bonds is 3. The van der Waals surface area contributed by atoms with Crippen molar-refractivity contribution >= 4 is 0 Å². The smallest absolute Gasteiger partial charge is 0.123 e. The van der Waals surface area contributed by atoms with Gasteiger partial charge in [0.1, 0.15) is 11.9 Å². The Hall–Kier alpha value is -1.06. The third-order valence-corrected chi connectivity index (χ3v) is 4.93. The second-order valence-electron chi connectivity index (χ2n) is 6.57. The Morgan fingerprint density at radius 1 is 1.30 bits per heavy atom. The maximum absolute atomic E-state index is 6.01. The van der Waals surface area contributed by atoms with Crippen LogP contribution in [0.4, 0.5) is 0 Å². The summed E-state index contributed by atoms with van der Waals surface area (Å²) in [6.07, 6.45) is 2.58. The summed E-state index contributed by atoms with van der Waals surface area (Å²) < 4.78 is 6.01. The molecule has 1 N–H and O–H groups in total. The van der Waals surface area contributed by atoms with Gasteiger partial charge >= 0.3 is 0 Å². The summed E-state index contributed by atoms with van der Waals surface area (Å²) in [6, 6.07) is 9.69. The number of hydrogen-bond donors (Lipinski definition) is 1. The summed E-state index contributed by atoms with van der Waals surface area (Å²) >= 11 is 0. The van der Waals surface area contributed by atoms with Crippen LogP contribution in [0.5, 0.6) is 5.75 Å². The fourth-order valence-corrected chi connectivity index (χ4v) is 3.48. The number of para-hydroxylation sites is 1. The minimum Gasteiger partial charge on any atom is -0.488 e. The molecule has 2 heterocycles. The maximum Gasteiger partial charge on any atom is 0.123 e. The van der Waals surface area contributed by atoms with Crippen LogP contribution in [0.2, 0.25) is 0 Å². The molecule has 0 spiro atoms. The highest BCUT2D eigenvalue weighted by atomic mass is 16.5. The molecule has 0 bridgehead atoms. The molecule has 4 atom stereocenters. The van der Waals surface area contributed by atoms with Crippen molar-refractivity contribution in [3.63, 3.8) is 0 Å². The van der Waals surface area contributed by atoms with Crippen molar-refractivity contribution in [2.75, 3.05) is 20.1 Å².